The van der Waals surface area contributed by atoms with Gasteiger partial charge in [-0.1, -0.05) is 23.4 Å². The molecule has 0 unspecified atom stereocenters. The number of aldehydes is 1. The summed E-state index contributed by atoms with van der Waals surface area (Å²) in [6.07, 6.45) is 6.84. The van der Waals surface area contributed by atoms with Crippen LogP contribution < -0.4 is 0 Å². The predicted octanol–water partition coefficient (Wildman–Crippen LogP) is 2.50. The zero-order chi connectivity index (χ0) is 16.1. The van der Waals surface area contributed by atoms with E-state index in [1.807, 2.05) is 6.08 Å². The average molecular weight is 314 g/mol. The van der Waals surface area contributed by atoms with Crippen molar-refractivity contribution in [3.05, 3.63) is 47.0 Å². The first-order valence-electron chi connectivity index (χ1n) is 7.81. The number of carbonyl (C=O) groups is 1. The Hall–Kier alpha value is -2.34. The fourth-order valence-electron chi connectivity index (χ4n) is 2.75. The van der Waals surface area contributed by atoms with Crippen molar-refractivity contribution in [2.24, 2.45) is 0 Å². The Morgan fingerprint density at radius 3 is 2.52 bits per heavy atom. The van der Waals surface area contributed by atoms with Crippen molar-refractivity contribution >= 4 is 18.4 Å². The van der Waals surface area contributed by atoms with Gasteiger partial charge in [-0.3, -0.25) is 4.79 Å². The fourth-order valence-corrected chi connectivity index (χ4v) is 2.75. The SMILES string of the molecule is O=Cc1nnn(CCN2CCCC2)c1/C=C/c1ccc(F)cc1. The highest BCUT2D eigenvalue weighted by Gasteiger charge is 2.14. The van der Waals surface area contributed by atoms with Gasteiger partial charge in [0.1, 0.15) is 5.82 Å². The Morgan fingerprint density at radius 2 is 1.83 bits per heavy atom. The number of likely N-dealkylation sites (tertiary alicyclic amines) is 1. The Bertz CT molecular complexity index is 687. The van der Waals surface area contributed by atoms with E-state index < -0.39 is 0 Å². The van der Waals surface area contributed by atoms with Gasteiger partial charge in [0.05, 0.1) is 12.2 Å². The Morgan fingerprint density at radius 1 is 1.09 bits per heavy atom. The number of nitrogens with zero attached hydrogens (tertiary/aromatic N) is 4. The lowest BCUT2D eigenvalue weighted by atomic mass is 10.2. The van der Waals surface area contributed by atoms with Gasteiger partial charge in [0, 0.05) is 6.54 Å². The van der Waals surface area contributed by atoms with Gasteiger partial charge in [0.25, 0.3) is 0 Å². The van der Waals surface area contributed by atoms with E-state index in [1.165, 1.54) is 25.0 Å². The number of halogens is 1. The summed E-state index contributed by atoms with van der Waals surface area (Å²) in [5.74, 6) is -0.270. The van der Waals surface area contributed by atoms with Crippen LogP contribution in [0.15, 0.2) is 24.3 Å². The summed E-state index contributed by atoms with van der Waals surface area (Å²) in [4.78, 5) is 13.5. The maximum Gasteiger partial charge on any atom is 0.172 e. The third-order valence-corrected chi connectivity index (χ3v) is 4.04. The van der Waals surface area contributed by atoms with Crippen LogP contribution in [0.2, 0.25) is 0 Å². The average Bonchev–Trinajstić information content (AvgIpc) is 3.21. The van der Waals surface area contributed by atoms with E-state index in [1.54, 1.807) is 22.9 Å². The quantitative estimate of drug-likeness (QED) is 0.769. The number of rotatable bonds is 6. The molecule has 2 aromatic rings. The smallest absolute Gasteiger partial charge is 0.172 e. The van der Waals surface area contributed by atoms with Crippen LogP contribution in [-0.2, 0) is 6.54 Å². The molecule has 1 aromatic carbocycles. The molecule has 1 aliphatic rings. The van der Waals surface area contributed by atoms with Gasteiger partial charge >= 0.3 is 0 Å². The molecule has 6 heteroatoms. The number of hydrogen-bond donors (Lipinski definition) is 0. The molecule has 0 saturated carbocycles. The first kappa shape index (κ1) is 15.6. The second-order valence-electron chi connectivity index (χ2n) is 5.63. The highest BCUT2D eigenvalue weighted by Crippen LogP contribution is 2.12. The van der Waals surface area contributed by atoms with E-state index in [0.717, 1.165) is 25.2 Å². The van der Waals surface area contributed by atoms with Gasteiger partial charge in [0.2, 0.25) is 0 Å². The molecular weight excluding hydrogens is 295 g/mol. The zero-order valence-corrected chi connectivity index (χ0v) is 12.9. The second kappa shape index (κ2) is 7.28. The number of carbonyl (C=O) groups excluding carboxylic acids is 1. The molecule has 2 heterocycles. The zero-order valence-electron chi connectivity index (χ0n) is 12.9. The molecule has 0 N–H and O–H groups in total. The molecule has 1 saturated heterocycles. The van der Waals surface area contributed by atoms with Crippen LogP contribution >= 0.6 is 0 Å². The molecule has 1 aliphatic heterocycles. The summed E-state index contributed by atoms with van der Waals surface area (Å²) >= 11 is 0. The molecule has 3 rings (SSSR count). The van der Waals surface area contributed by atoms with E-state index in [4.69, 9.17) is 0 Å². The standard InChI is InChI=1S/C17H19FN4O/c18-15-6-3-14(4-7-15)5-8-17-16(13-23)19-20-22(17)12-11-21-9-1-2-10-21/h3-8,13H,1-2,9-12H2/b8-5+. The maximum atomic E-state index is 12.9. The molecule has 23 heavy (non-hydrogen) atoms. The van der Waals surface area contributed by atoms with E-state index >= 15 is 0 Å². The maximum absolute atomic E-state index is 12.9. The minimum atomic E-state index is -0.270. The minimum absolute atomic E-state index is 0.270. The Kier molecular flexibility index (Phi) is 4.92. The van der Waals surface area contributed by atoms with Gasteiger partial charge < -0.3 is 4.90 Å². The fraction of sp³-hybridized carbons (Fsp3) is 0.353. The van der Waals surface area contributed by atoms with E-state index in [-0.39, 0.29) is 5.82 Å². The lowest BCUT2D eigenvalue weighted by molar-refractivity contribution is 0.111. The van der Waals surface area contributed by atoms with Gasteiger partial charge in [-0.25, -0.2) is 9.07 Å². The first-order chi connectivity index (χ1) is 11.3. The van der Waals surface area contributed by atoms with Crippen LogP contribution in [0.3, 0.4) is 0 Å². The molecule has 0 radical (unpaired) electrons. The highest BCUT2D eigenvalue weighted by atomic mass is 19.1. The molecule has 0 spiro atoms. The van der Waals surface area contributed by atoms with Crippen molar-refractivity contribution in [1.29, 1.82) is 0 Å². The molecule has 0 aliphatic carbocycles. The number of aromatic nitrogens is 3. The Balaban J connectivity index is 1.74. The molecule has 0 bridgehead atoms. The van der Waals surface area contributed by atoms with Crippen molar-refractivity contribution < 1.29 is 9.18 Å². The molecule has 120 valence electrons. The third kappa shape index (κ3) is 3.90. The van der Waals surface area contributed by atoms with Crippen LogP contribution in [-0.4, -0.2) is 45.8 Å². The second-order valence-corrected chi connectivity index (χ2v) is 5.63. The highest BCUT2D eigenvalue weighted by molar-refractivity contribution is 5.81. The number of hydrogen-bond acceptors (Lipinski definition) is 4. The molecule has 0 atom stereocenters. The van der Waals surface area contributed by atoms with Gasteiger partial charge in [-0.05, 0) is 49.7 Å². The van der Waals surface area contributed by atoms with Gasteiger partial charge in [-0.15, -0.1) is 5.10 Å². The summed E-state index contributed by atoms with van der Waals surface area (Å²) in [6, 6.07) is 6.18. The summed E-state index contributed by atoms with van der Waals surface area (Å²) in [5, 5.41) is 7.99. The van der Waals surface area contributed by atoms with Gasteiger partial charge in [-0.2, -0.15) is 0 Å². The molecule has 5 nitrogen and oxygen atoms in total. The van der Waals surface area contributed by atoms with Crippen LogP contribution in [0.25, 0.3) is 12.2 Å². The van der Waals surface area contributed by atoms with Crippen molar-refractivity contribution in [2.45, 2.75) is 19.4 Å². The monoisotopic (exact) mass is 314 g/mol. The molecular formula is C17H19FN4O. The molecule has 0 amide bonds. The van der Waals surface area contributed by atoms with Crippen molar-refractivity contribution in [2.75, 3.05) is 19.6 Å². The largest absolute Gasteiger partial charge is 0.301 e. The van der Waals surface area contributed by atoms with Crippen molar-refractivity contribution in [1.82, 2.24) is 19.9 Å². The summed E-state index contributed by atoms with van der Waals surface area (Å²) in [7, 11) is 0. The predicted molar refractivity (Wildman–Crippen MR) is 86.4 cm³/mol. The van der Waals surface area contributed by atoms with Crippen LogP contribution in [0, 0.1) is 5.82 Å². The lowest BCUT2D eigenvalue weighted by Crippen LogP contribution is -2.24. The normalized spacial score (nSPS) is 15.5. The third-order valence-electron chi connectivity index (χ3n) is 4.04. The van der Waals surface area contributed by atoms with Gasteiger partial charge in [0.15, 0.2) is 12.0 Å². The Labute approximate surface area is 134 Å². The van der Waals surface area contributed by atoms with Crippen molar-refractivity contribution in [3.63, 3.8) is 0 Å². The van der Waals surface area contributed by atoms with Crippen LogP contribution in [0.4, 0.5) is 4.39 Å². The van der Waals surface area contributed by atoms with E-state index in [0.29, 0.717) is 24.2 Å². The van der Waals surface area contributed by atoms with E-state index in [9.17, 15) is 9.18 Å². The summed E-state index contributed by atoms with van der Waals surface area (Å²) in [6.45, 7) is 3.84. The number of benzene rings is 1. The molecule has 1 fully saturated rings. The van der Waals surface area contributed by atoms with Crippen molar-refractivity contribution in [3.8, 4) is 0 Å². The lowest BCUT2D eigenvalue weighted by Gasteiger charge is -2.14. The minimum Gasteiger partial charge on any atom is -0.301 e. The van der Waals surface area contributed by atoms with Crippen LogP contribution in [0.5, 0.6) is 0 Å². The first-order valence-corrected chi connectivity index (χ1v) is 7.81. The molecule has 1 aromatic heterocycles. The summed E-state index contributed by atoms with van der Waals surface area (Å²) < 4.78 is 14.7. The van der Waals surface area contributed by atoms with E-state index in [2.05, 4.69) is 15.2 Å². The summed E-state index contributed by atoms with van der Waals surface area (Å²) in [5.41, 5.74) is 1.86. The topological polar surface area (TPSA) is 51.0 Å². The van der Waals surface area contributed by atoms with Crippen LogP contribution in [0.1, 0.15) is 34.6 Å².